The van der Waals surface area contributed by atoms with Gasteiger partial charge in [0.05, 0.1) is 24.5 Å². The highest BCUT2D eigenvalue weighted by atomic mass is 19.1. The van der Waals surface area contributed by atoms with Crippen LogP contribution < -0.4 is 16.4 Å². The van der Waals surface area contributed by atoms with Gasteiger partial charge in [0.2, 0.25) is 5.91 Å². The predicted molar refractivity (Wildman–Crippen MR) is 180 cm³/mol. The van der Waals surface area contributed by atoms with E-state index in [1.54, 1.807) is 0 Å². The second-order valence-corrected chi connectivity index (χ2v) is 15.1. The zero-order valence-electron chi connectivity index (χ0n) is 28.2. The van der Waals surface area contributed by atoms with E-state index in [1.165, 1.54) is 43.0 Å². The van der Waals surface area contributed by atoms with Crippen LogP contribution in [0, 0.1) is 11.7 Å². The van der Waals surface area contributed by atoms with Gasteiger partial charge in [-0.15, -0.1) is 5.10 Å². The summed E-state index contributed by atoms with van der Waals surface area (Å²) in [5.74, 6) is -0.921. The van der Waals surface area contributed by atoms with Gasteiger partial charge in [-0.1, -0.05) is 51.4 Å². The van der Waals surface area contributed by atoms with Crippen molar-refractivity contribution in [3.8, 4) is 0 Å². The van der Waals surface area contributed by atoms with Crippen molar-refractivity contribution in [3.63, 3.8) is 0 Å². The third-order valence-corrected chi connectivity index (χ3v) is 12.1. The zero-order chi connectivity index (χ0) is 33.3. The number of anilines is 1. The summed E-state index contributed by atoms with van der Waals surface area (Å²) in [6, 6.07) is -0.612. The van der Waals surface area contributed by atoms with Crippen molar-refractivity contribution in [2.75, 3.05) is 51.5 Å². The fourth-order valence-corrected chi connectivity index (χ4v) is 9.32. The standard InChI is InChI=1S/C35H53F2N9O2/c36-25-19-39-32-28(31(38)42-46(32)21-25)33(47)41-30-29(27(37)20-40-35(30)13-7-5-3-1-2-4-6-8-14-35)44-17-11-24(12-18-44)34(48)45-22-26(23-45)43-15-9-10-16-43/h19,21,24,26-27,29-30,40H,1-18,20,22-23H2,(H2,38,42)(H,41,47). The number of rotatable bonds is 5. The van der Waals surface area contributed by atoms with Gasteiger partial charge >= 0.3 is 0 Å². The highest BCUT2D eigenvalue weighted by molar-refractivity contribution is 6.04. The Kier molecular flexibility index (Phi) is 10.2. The van der Waals surface area contributed by atoms with Crippen LogP contribution in [0.25, 0.3) is 5.65 Å². The minimum atomic E-state index is -1.21. The van der Waals surface area contributed by atoms with Crippen molar-refractivity contribution in [2.45, 2.75) is 120 Å². The van der Waals surface area contributed by atoms with E-state index in [4.69, 9.17) is 5.73 Å². The molecule has 13 heteroatoms. The van der Waals surface area contributed by atoms with E-state index in [1.807, 2.05) is 4.90 Å². The molecule has 4 aliphatic heterocycles. The van der Waals surface area contributed by atoms with Crippen molar-refractivity contribution in [3.05, 3.63) is 23.8 Å². The highest BCUT2D eigenvalue weighted by Crippen LogP contribution is 2.38. The van der Waals surface area contributed by atoms with Crippen LogP contribution in [0.4, 0.5) is 14.6 Å². The first kappa shape index (κ1) is 33.6. The zero-order valence-corrected chi connectivity index (χ0v) is 28.2. The molecule has 0 bridgehead atoms. The molecule has 2 aromatic heterocycles. The molecule has 4 saturated heterocycles. The monoisotopic (exact) mass is 669 g/mol. The van der Waals surface area contributed by atoms with Crippen molar-refractivity contribution in [1.29, 1.82) is 0 Å². The number of carbonyl (C=O) groups is 2. The molecule has 0 radical (unpaired) electrons. The first-order chi connectivity index (χ1) is 23.3. The lowest BCUT2D eigenvalue weighted by Gasteiger charge is -2.54. The maximum Gasteiger partial charge on any atom is 0.259 e. The van der Waals surface area contributed by atoms with Crippen molar-refractivity contribution < 1.29 is 18.4 Å². The fourth-order valence-electron chi connectivity index (χ4n) is 9.32. The van der Waals surface area contributed by atoms with Crippen LogP contribution in [0.15, 0.2) is 12.4 Å². The summed E-state index contributed by atoms with van der Waals surface area (Å²) in [6.45, 7) is 5.37. The van der Waals surface area contributed by atoms with Crippen LogP contribution in [0.2, 0.25) is 0 Å². The van der Waals surface area contributed by atoms with Gasteiger partial charge in [-0.3, -0.25) is 19.4 Å². The first-order valence-corrected chi connectivity index (χ1v) is 18.6. The third-order valence-electron chi connectivity index (χ3n) is 12.1. The maximum atomic E-state index is 16.4. The van der Waals surface area contributed by atoms with E-state index in [0.29, 0.717) is 32.0 Å². The van der Waals surface area contributed by atoms with Crippen LogP contribution in [0.3, 0.4) is 0 Å². The number of piperidine rings is 2. The van der Waals surface area contributed by atoms with Crippen molar-refractivity contribution in [1.82, 2.24) is 39.9 Å². The molecule has 0 aromatic carbocycles. The summed E-state index contributed by atoms with van der Waals surface area (Å²) in [7, 11) is 0. The lowest BCUT2D eigenvalue weighted by molar-refractivity contribution is -0.145. The minimum Gasteiger partial charge on any atom is -0.381 e. The summed E-state index contributed by atoms with van der Waals surface area (Å²) in [4.78, 5) is 38.5. The van der Waals surface area contributed by atoms with Gasteiger partial charge in [0.25, 0.3) is 5.91 Å². The second-order valence-electron chi connectivity index (χ2n) is 15.1. The molecule has 48 heavy (non-hydrogen) atoms. The number of nitrogens with two attached hydrogens (primary N) is 1. The fraction of sp³-hybridized carbons (Fsp3) is 0.771. The summed E-state index contributed by atoms with van der Waals surface area (Å²) in [6.07, 6.45) is 15.5. The van der Waals surface area contributed by atoms with E-state index in [0.717, 1.165) is 77.1 Å². The maximum absolute atomic E-state index is 16.4. The van der Waals surface area contributed by atoms with E-state index in [9.17, 15) is 14.0 Å². The number of fused-ring (bicyclic) bond motifs is 1. The molecule has 264 valence electrons. The summed E-state index contributed by atoms with van der Waals surface area (Å²) < 4.78 is 31.5. The van der Waals surface area contributed by atoms with Gasteiger partial charge < -0.3 is 21.3 Å². The van der Waals surface area contributed by atoms with Gasteiger partial charge in [0.15, 0.2) is 17.3 Å². The van der Waals surface area contributed by atoms with E-state index in [2.05, 4.69) is 30.5 Å². The topological polar surface area (TPSA) is 124 Å². The third kappa shape index (κ3) is 6.79. The number of nitrogens with zero attached hydrogens (tertiary/aromatic N) is 6. The van der Waals surface area contributed by atoms with Crippen molar-refractivity contribution in [2.24, 2.45) is 5.92 Å². The summed E-state index contributed by atoms with van der Waals surface area (Å²) in [5, 5.41) is 11.1. The Morgan fingerprint density at radius 2 is 1.56 bits per heavy atom. The lowest BCUT2D eigenvalue weighted by atomic mass is 9.72. The number of nitrogens with one attached hydrogen (secondary N) is 2. The van der Waals surface area contributed by atoms with Gasteiger partial charge in [-0.05, 0) is 64.7 Å². The number of hydrogen-bond acceptors (Lipinski definition) is 8. The van der Waals surface area contributed by atoms with Crippen LogP contribution in [0.1, 0.15) is 100 Å². The molecule has 1 spiro atoms. The van der Waals surface area contributed by atoms with Crippen molar-refractivity contribution >= 4 is 23.3 Å². The lowest BCUT2D eigenvalue weighted by Crippen LogP contribution is -2.75. The summed E-state index contributed by atoms with van der Waals surface area (Å²) >= 11 is 0. The largest absolute Gasteiger partial charge is 0.381 e. The average molecular weight is 670 g/mol. The van der Waals surface area contributed by atoms with Crippen LogP contribution in [-0.4, -0.2) is 117 Å². The van der Waals surface area contributed by atoms with E-state index < -0.39 is 35.5 Å². The smallest absolute Gasteiger partial charge is 0.259 e. The predicted octanol–water partition coefficient (Wildman–Crippen LogP) is 3.53. The molecule has 4 N–H and O–H groups in total. The van der Waals surface area contributed by atoms with E-state index >= 15 is 4.39 Å². The number of halogens is 2. The summed E-state index contributed by atoms with van der Waals surface area (Å²) in [5.41, 5.74) is 5.96. The van der Waals surface area contributed by atoms with Crippen LogP contribution in [0.5, 0.6) is 0 Å². The SMILES string of the molecule is Nc1nn2cc(F)cnc2c1C(=O)NC1C(N2CCC(C(=O)N3CC(N4CCCC4)C3)CC2)C(F)CNC12CCCCCCCCCC2. The Morgan fingerprint density at radius 1 is 0.917 bits per heavy atom. The number of aromatic nitrogens is 3. The molecular formula is C35H53F2N9O2. The molecule has 11 nitrogen and oxygen atoms in total. The van der Waals surface area contributed by atoms with Crippen LogP contribution in [-0.2, 0) is 4.79 Å². The van der Waals surface area contributed by atoms with Gasteiger partial charge in [0.1, 0.15) is 11.7 Å². The minimum absolute atomic E-state index is 0.0449. The van der Waals surface area contributed by atoms with Gasteiger partial charge in [-0.2, -0.15) is 0 Å². The number of alkyl halides is 1. The van der Waals surface area contributed by atoms with Gasteiger partial charge in [-0.25, -0.2) is 18.3 Å². The molecular weight excluding hydrogens is 616 g/mol. The Balaban J connectivity index is 1.11. The molecule has 7 rings (SSSR count). The molecule has 2 amide bonds. The molecule has 5 fully saturated rings. The number of hydrogen-bond donors (Lipinski definition) is 3. The Hall–Kier alpha value is -2.90. The first-order valence-electron chi connectivity index (χ1n) is 18.6. The molecule has 3 atom stereocenters. The Bertz CT molecular complexity index is 1420. The number of carbonyl (C=O) groups excluding carboxylic acids is 2. The molecule has 2 aromatic rings. The molecule has 1 aliphatic carbocycles. The van der Waals surface area contributed by atoms with Gasteiger partial charge in [0, 0.05) is 37.1 Å². The number of likely N-dealkylation sites (tertiary alicyclic amines) is 3. The quantitative estimate of drug-likeness (QED) is 0.442. The highest BCUT2D eigenvalue weighted by Gasteiger charge is 2.52. The molecule has 3 unspecified atom stereocenters. The number of amides is 2. The second kappa shape index (κ2) is 14.5. The normalized spacial score (nSPS) is 28.7. The van der Waals surface area contributed by atoms with E-state index in [-0.39, 0.29) is 35.4 Å². The molecule has 1 saturated carbocycles. The number of nitrogen functional groups attached to an aromatic ring is 1. The average Bonchev–Trinajstić information content (AvgIpc) is 3.68. The Morgan fingerprint density at radius 3 is 2.23 bits per heavy atom. The Labute approximate surface area is 282 Å². The molecule has 6 heterocycles. The van der Waals surface area contributed by atoms with Crippen LogP contribution >= 0.6 is 0 Å². The molecule has 5 aliphatic rings.